The van der Waals surface area contributed by atoms with Gasteiger partial charge in [0.1, 0.15) is 18.0 Å². The Bertz CT molecular complexity index is 1750. The second kappa shape index (κ2) is 48.6. The van der Waals surface area contributed by atoms with Crippen LogP contribution in [0.2, 0.25) is 0 Å². The monoisotopic (exact) mass is 1060 g/mol. The predicted molar refractivity (Wildman–Crippen MR) is 303 cm³/mol. The molecule has 0 bridgehead atoms. The van der Waals surface area contributed by atoms with Gasteiger partial charge < -0.3 is 28.4 Å². The fraction of sp³-hybridized carbons (Fsp3) is 0.719. The molecule has 6 aliphatic rings. The number of benzene rings is 1. The molecule has 6 heterocycles. The summed E-state index contributed by atoms with van der Waals surface area (Å²) < 4.78 is 30.4. The standard InChI is InChI=1S/C15H28O2.C15H24O2.2C10H18O2.C9H8O2.C5H6O2/c2*16-15-13-11-9-7-5-3-1-2-4-6-8-10-12-14-17-15;1-2-3-6-9-7-4-5-8-10(11)12-9;1-2-3-4-6-9-7-5-8-10(11)12-9;10-9-6-5-7-3-1-2-4-8(7)11-9;6-5-3-1-2-4-7-5/h1-14H2;1-2,8,10H,3-7,9,11-14H2;2*9H,2-8H2,1H3;1-4H,5-6H2;1,3H,2,4H2/b;2-1+,10-8-;;;;. The van der Waals surface area contributed by atoms with Crippen molar-refractivity contribution in [1.29, 1.82) is 0 Å². The normalized spacial score (nSPS) is 22.3. The average Bonchev–Trinajstić information content (AvgIpc) is 3.64. The molecule has 2 atom stereocenters. The number of cyclic esters (lactones) is 5. The number of hydrogen-bond donors (Lipinski definition) is 0. The summed E-state index contributed by atoms with van der Waals surface area (Å²) >= 11 is 0. The van der Waals surface area contributed by atoms with Crippen LogP contribution in [-0.2, 0) is 58.9 Å². The van der Waals surface area contributed by atoms with Gasteiger partial charge in [-0.05, 0) is 121 Å². The first-order chi connectivity index (χ1) is 37.2. The molecule has 430 valence electrons. The second-order valence-electron chi connectivity index (χ2n) is 20.6. The Kier molecular flexibility index (Phi) is 43.1. The number of aryl methyl sites for hydroxylation is 1. The van der Waals surface area contributed by atoms with Crippen molar-refractivity contribution in [2.45, 2.75) is 276 Å². The highest BCUT2D eigenvalue weighted by atomic mass is 16.6. The number of para-hydroxylation sites is 1. The van der Waals surface area contributed by atoms with E-state index < -0.39 is 0 Å². The number of esters is 6. The van der Waals surface area contributed by atoms with Gasteiger partial charge in [-0.1, -0.05) is 165 Å². The number of carbonyl (C=O) groups is 6. The maximum Gasteiger partial charge on any atom is 0.330 e. The lowest BCUT2D eigenvalue weighted by molar-refractivity contribution is -0.154. The number of ether oxygens (including phenoxy) is 6. The molecule has 12 nitrogen and oxygen atoms in total. The van der Waals surface area contributed by atoms with Crippen LogP contribution >= 0.6 is 0 Å². The molecule has 6 aliphatic heterocycles. The van der Waals surface area contributed by atoms with Gasteiger partial charge in [0, 0.05) is 38.2 Å². The van der Waals surface area contributed by atoms with Gasteiger partial charge >= 0.3 is 35.8 Å². The Hall–Kier alpha value is -4.74. The summed E-state index contributed by atoms with van der Waals surface area (Å²) in [6.45, 7) is 6.07. The number of allylic oxidation sites excluding steroid dienone is 3. The third-order valence-electron chi connectivity index (χ3n) is 13.7. The molecule has 1 aromatic rings. The van der Waals surface area contributed by atoms with Gasteiger partial charge in [0.2, 0.25) is 0 Å². The molecular formula is C64H102O12. The minimum Gasteiger partial charge on any atom is -0.466 e. The van der Waals surface area contributed by atoms with E-state index in [0.29, 0.717) is 51.9 Å². The second-order valence-corrected chi connectivity index (χ2v) is 20.6. The van der Waals surface area contributed by atoms with E-state index in [4.69, 9.17) is 23.7 Å². The van der Waals surface area contributed by atoms with Crippen LogP contribution in [0, 0.1) is 0 Å². The predicted octanol–water partition coefficient (Wildman–Crippen LogP) is 16.1. The van der Waals surface area contributed by atoms with Gasteiger partial charge in [-0.3, -0.25) is 24.0 Å². The van der Waals surface area contributed by atoms with Crippen LogP contribution in [0.3, 0.4) is 0 Å². The molecule has 1 aromatic carbocycles. The topological polar surface area (TPSA) is 158 Å². The summed E-state index contributed by atoms with van der Waals surface area (Å²) in [4.78, 5) is 65.5. The highest BCUT2D eigenvalue weighted by Gasteiger charge is 2.20. The van der Waals surface area contributed by atoms with Crippen LogP contribution in [0.5, 0.6) is 5.75 Å². The average molecular weight is 1060 g/mol. The molecule has 0 saturated carbocycles. The van der Waals surface area contributed by atoms with Crippen LogP contribution < -0.4 is 4.74 Å². The summed E-state index contributed by atoms with van der Waals surface area (Å²) in [5, 5.41) is 0. The van der Waals surface area contributed by atoms with Crippen LogP contribution in [0.15, 0.2) is 60.7 Å². The van der Waals surface area contributed by atoms with E-state index in [1.54, 1.807) is 0 Å². The van der Waals surface area contributed by atoms with Gasteiger partial charge in [0.05, 0.1) is 26.2 Å². The first kappa shape index (κ1) is 67.4. The molecule has 3 saturated heterocycles. The molecule has 0 aliphatic carbocycles. The molecular weight excluding hydrogens is 961 g/mol. The molecule has 0 N–H and O–H groups in total. The zero-order valence-electron chi connectivity index (χ0n) is 47.5. The molecule has 12 heteroatoms. The maximum atomic E-state index is 11.4. The first-order valence-electron chi connectivity index (χ1n) is 30.3. The molecule has 0 aromatic heterocycles. The lowest BCUT2D eigenvalue weighted by Gasteiger charge is -2.21. The lowest BCUT2D eigenvalue weighted by atomic mass is 10.0. The first-order valence-corrected chi connectivity index (χ1v) is 30.3. The molecule has 0 radical (unpaired) electrons. The Balaban J connectivity index is 0.000000318. The highest BCUT2D eigenvalue weighted by Crippen LogP contribution is 2.24. The summed E-state index contributed by atoms with van der Waals surface area (Å²) in [5.41, 5.74) is 1.13. The largest absolute Gasteiger partial charge is 0.466 e. The summed E-state index contributed by atoms with van der Waals surface area (Å²) in [6, 6.07) is 7.64. The third-order valence-corrected chi connectivity index (χ3v) is 13.7. The van der Waals surface area contributed by atoms with Crippen molar-refractivity contribution in [2.75, 3.05) is 19.8 Å². The van der Waals surface area contributed by atoms with Crippen molar-refractivity contribution in [2.24, 2.45) is 0 Å². The smallest absolute Gasteiger partial charge is 0.330 e. The summed E-state index contributed by atoms with van der Waals surface area (Å²) in [6.07, 6.45) is 54.9. The van der Waals surface area contributed by atoms with Gasteiger partial charge in [0.15, 0.2) is 0 Å². The van der Waals surface area contributed by atoms with Crippen molar-refractivity contribution in [3.05, 3.63) is 66.3 Å². The van der Waals surface area contributed by atoms with Crippen LogP contribution in [0.1, 0.15) is 263 Å². The minimum atomic E-state index is -0.216. The number of rotatable bonds is 7. The van der Waals surface area contributed by atoms with E-state index in [2.05, 4.69) is 42.9 Å². The van der Waals surface area contributed by atoms with E-state index in [1.807, 2.05) is 30.3 Å². The number of unbranched alkanes of at least 4 members (excludes halogenated alkanes) is 3. The molecule has 0 amide bonds. The Morgan fingerprint density at radius 3 is 1.47 bits per heavy atom. The van der Waals surface area contributed by atoms with E-state index in [-0.39, 0.29) is 48.0 Å². The summed E-state index contributed by atoms with van der Waals surface area (Å²) in [7, 11) is 0. The minimum absolute atomic E-state index is 0.00254. The number of carbonyl (C=O) groups excluding carboxylic acids is 6. The van der Waals surface area contributed by atoms with Crippen molar-refractivity contribution in [1.82, 2.24) is 0 Å². The quantitative estimate of drug-likeness (QED) is 0.0838. The SMILES string of the molecule is CCCCC1CCCCC(=O)O1.CCCCCC1CCCC(=O)O1.O=C1C=CCCO1.O=C1CCCCCC/C=C/CC/C=C\CCO1.O=C1CCCCCCCCCCCCCCO1.O=C1CCc2ccccc2O1. The molecule has 2 unspecified atom stereocenters. The summed E-state index contributed by atoms with van der Waals surface area (Å²) in [5.74, 6) is 0.373. The highest BCUT2D eigenvalue weighted by molar-refractivity contribution is 5.82. The van der Waals surface area contributed by atoms with Crippen molar-refractivity contribution < 1.29 is 57.2 Å². The molecule has 0 spiro atoms. The van der Waals surface area contributed by atoms with E-state index in [0.717, 1.165) is 114 Å². The number of fused-ring (bicyclic) bond motifs is 1. The van der Waals surface area contributed by atoms with Gasteiger partial charge in [0.25, 0.3) is 0 Å². The number of hydrogen-bond acceptors (Lipinski definition) is 12. The van der Waals surface area contributed by atoms with Crippen molar-refractivity contribution >= 4 is 35.8 Å². The fourth-order valence-electron chi connectivity index (χ4n) is 9.12. The van der Waals surface area contributed by atoms with E-state index in [9.17, 15) is 28.8 Å². The maximum absolute atomic E-state index is 11.4. The zero-order chi connectivity index (χ0) is 54.8. The van der Waals surface area contributed by atoms with Gasteiger partial charge in [-0.25, -0.2) is 4.79 Å². The Labute approximate surface area is 459 Å². The van der Waals surface area contributed by atoms with Crippen molar-refractivity contribution in [3.8, 4) is 5.75 Å². The molecule has 7 rings (SSSR count). The third kappa shape index (κ3) is 40.5. The fourth-order valence-corrected chi connectivity index (χ4v) is 9.12. The van der Waals surface area contributed by atoms with Crippen LogP contribution in [0.25, 0.3) is 0 Å². The Morgan fingerprint density at radius 1 is 0.395 bits per heavy atom. The lowest BCUT2D eigenvalue weighted by Crippen LogP contribution is -2.23. The molecule has 3 fully saturated rings. The van der Waals surface area contributed by atoms with E-state index >= 15 is 0 Å². The Morgan fingerprint density at radius 2 is 0.882 bits per heavy atom. The van der Waals surface area contributed by atoms with Gasteiger partial charge in [-0.2, -0.15) is 0 Å². The van der Waals surface area contributed by atoms with E-state index in [1.165, 1.54) is 122 Å². The van der Waals surface area contributed by atoms with Crippen LogP contribution in [-0.4, -0.2) is 67.8 Å². The van der Waals surface area contributed by atoms with Gasteiger partial charge in [-0.15, -0.1) is 0 Å². The molecule has 76 heavy (non-hydrogen) atoms. The van der Waals surface area contributed by atoms with Crippen LogP contribution in [0.4, 0.5) is 0 Å². The van der Waals surface area contributed by atoms with Crippen molar-refractivity contribution in [3.63, 3.8) is 0 Å². The zero-order valence-corrected chi connectivity index (χ0v) is 47.5.